The number of amides is 1. The molecular weight excluding hydrogens is 288 g/mol. The van der Waals surface area contributed by atoms with E-state index in [0.29, 0.717) is 22.9 Å². The van der Waals surface area contributed by atoms with Crippen molar-refractivity contribution in [3.05, 3.63) is 0 Å². The monoisotopic (exact) mass is 322 g/mol. The minimum atomic E-state index is -0.412. The van der Waals surface area contributed by atoms with Gasteiger partial charge >= 0.3 is 6.09 Å². The first-order valence-corrected chi connectivity index (χ1v) is 9.27. The van der Waals surface area contributed by atoms with Crippen molar-refractivity contribution in [1.82, 2.24) is 10.2 Å². The lowest BCUT2D eigenvalue weighted by Gasteiger charge is -2.40. The van der Waals surface area contributed by atoms with Crippen molar-refractivity contribution < 1.29 is 9.53 Å². The summed E-state index contributed by atoms with van der Waals surface area (Å²) < 4.78 is 5.50. The molecule has 4 heteroatoms. The van der Waals surface area contributed by atoms with Gasteiger partial charge in [0.1, 0.15) is 5.60 Å². The summed E-state index contributed by atoms with van der Waals surface area (Å²) in [7, 11) is 0. The van der Waals surface area contributed by atoms with Crippen LogP contribution in [0.5, 0.6) is 0 Å². The standard InChI is InChI=1S/C19H34N2O2/c1-17(2,3)23-16(22)21-10-8-14(12-21)20-15-11-13-7-9-19(15,6)18(13,4)5/h13-15,20H,7-12H2,1-6H3. The zero-order valence-corrected chi connectivity index (χ0v) is 15.7. The van der Waals surface area contributed by atoms with Gasteiger partial charge < -0.3 is 15.0 Å². The van der Waals surface area contributed by atoms with Crippen LogP contribution < -0.4 is 5.32 Å². The summed E-state index contributed by atoms with van der Waals surface area (Å²) in [4.78, 5) is 14.1. The molecule has 23 heavy (non-hydrogen) atoms. The van der Waals surface area contributed by atoms with Crippen LogP contribution >= 0.6 is 0 Å². The Morgan fingerprint density at radius 2 is 1.91 bits per heavy atom. The molecule has 1 N–H and O–H groups in total. The third-order valence-corrected chi connectivity index (χ3v) is 7.07. The fourth-order valence-corrected chi connectivity index (χ4v) is 5.13. The molecule has 1 heterocycles. The van der Waals surface area contributed by atoms with Crippen molar-refractivity contribution in [3.8, 4) is 0 Å². The van der Waals surface area contributed by atoms with E-state index in [1.165, 1.54) is 19.3 Å². The third-order valence-electron chi connectivity index (χ3n) is 7.07. The molecule has 2 aliphatic carbocycles. The highest BCUT2D eigenvalue weighted by Gasteiger charge is 2.61. The topological polar surface area (TPSA) is 41.6 Å². The first-order valence-electron chi connectivity index (χ1n) is 9.27. The molecule has 3 aliphatic rings. The number of carbonyl (C=O) groups is 1. The van der Waals surface area contributed by atoms with Crippen LogP contribution in [0.1, 0.15) is 67.2 Å². The molecule has 4 nitrogen and oxygen atoms in total. The van der Waals surface area contributed by atoms with E-state index in [1.807, 2.05) is 25.7 Å². The number of rotatable bonds is 2. The van der Waals surface area contributed by atoms with Crippen LogP contribution in [0.25, 0.3) is 0 Å². The minimum absolute atomic E-state index is 0.165. The molecule has 0 aromatic rings. The van der Waals surface area contributed by atoms with Gasteiger partial charge in [-0.2, -0.15) is 0 Å². The molecular formula is C19H34N2O2. The van der Waals surface area contributed by atoms with Crippen molar-refractivity contribution in [3.63, 3.8) is 0 Å². The largest absolute Gasteiger partial charge is 0.444 e. The average molecular weight is 322 g/mol. The van der Waals surface area contributed by atoms with Crippen LogP contribution in [-0.2, 0) is 4.74 Å². The smallest absolute Gasteiger partial charge is 0.410 e. The average Bonchev–Trinajstić information content (AvgIpc) is 3.00. The molecule has 3 rings (SSSR count). The number of nitrogens with zero attached hydrogens (tertiary/aromatic N) is 1. The molecule has 0 radical (unpaired) electrons. The van der Waals surface area contributed by atoms with Crippen LogP contribution in [0.15, 0.2) is 0 Å². The second-order valence-corrected chi connectivity index (χ2v) is 9.74. The molecule has 1 aliphatic heterocycles. The molecule has 2 saturated carbocycles. The first kappa shape index (κ1) is 17.1. The maximum Gasteiger partial charge on any atom is 0.410 e. The fraction of sp³-hybridized carbons (Fsp3) is 0.947. The van der Waals surface area contributed by atoms with Crippen molar-refractivity contribution in [2.45, 2.75) is 84.9 Å². The van der Waals surface area contributed by atoms with E-state index in [-0.39, 0.29) is 6.09 Å². The summed E-state index contributed by atoms with van der Waals surface area (Å²) in [6.45, 7) is 14.7. The van der Waals surface area contributed by atoms with E-state index in [9.17, 15) is 4.79 Å². The highest BCUT2D eigenvalue weighted by atomic mass is 16.6. The van der Waals surface area contributed by atoms with E-state index >= 15 is 0 Å². The molecule has 2 bridgehead atoms. The Bertz CT molecular complexity index is 482. The maximum absolute atomic E-state index is 12.2. The summed E-state index contributed by atoms with van der Waals surface area (Å²) in [5.74, 6) is 0.855. The van der Waals surface area contributed by atoms with E-state index in [2.05, 4.69) is 26.1 Å². The van der Waals surface area contributed by atoms with E-state index in [0.717, 1.165) is 25.4 Å². The lowest BCUT2D eigenvalue weighted by Crippen LogP contribution is -2.49. The highest BCUT2D eigenvalue weighted by molar-refractivity contribution is 5.68. The fourth-order valence-electron chi connectivity index (χ4n) is 5.13. The Morgan fingerprint density at radius 1 is 1.22 bits per heavy atom. The number of carbonyl (C=O) groups excluding carboxylic acids is 1. The second-order valence-electron chi connectivity index (χ2n) is 9.74. The molecule has 0 aromatic heterocycles. The summed E-state index contributed by atoms with van der Waals surface area (Å²) >= 11 is 0. The first-order chi connectivity index (χ1) is 10.5. The molecule has 0 spiro atoms. The summed E-state index contributed by atoms with van der Waals surface area (Å²) in [5.41, 5.74) is 0.426. The van der Waals surface area contributed by atoms with E-state index in [1.54, 1.807) is 0 Å². The van der Waals surface area contributed by atoms with Crippen LogP contribution in [0.4, 0.5) is 4.79 Å². The number of nitrogens with one attached hydrogen (secondary N) is 1. The van der Waals surface area contributed by atoms with Crippen LogP contribution in [0, 0.1) is 16.7 Å². The molecule has 1 saturated heterocycles. The lowest BCUT2D eigenvalue weighted by molar-refractivity contribution is 0.0288. The van der Waals surface area contributed by atoms with Crippen LogP contribution in [0.2, 0.25) is 0 Å². The van der Waals surface area contributed by atoms with Crippen molar-refractivity contribution in [2.24, 2.45) is 16.7 Å². The number of likely N-dealkylation sites (tertiary alicyclic amines) is 1. The lowest BCUT2D eigenvalue weighted by atomic mass is 9.69. The number of hydrogen-bond donors (Lipinski definition) is 1. The van der Waals surface area contributed by atoms with E-state index < -0.39 is 5.60 Å². The molecule has 1 amide bonds. The zero-order chi connectivity index (χ0) is 17.0. The third kappa shape index (κ3) is 2.88. The normalized spacial score (nSPS) is 39.0. The van der Waals surface area contributed by atoms with Gasteiger partial charge in [-0.1, -0.05) is 20.8 Å². The predicted octanol–water partition coefficient (Wildman–Crippen LogP) is 3.80. The van der Waals surface area contributed by atoms with Crippen molar-refractivity contribution in [1.29, 1.82) is 0 Å². The second kappa shape index (κ2) is 5.37. The van der Waals surface area contributed by atoms with Gasteiger partial charge in [0, 0.05) is 25.2 Å². The van der Waals surface area contributed by atoms with Gasteiger partial charge in [-0.25, -0.2) is 4.79 Å². The van der Waals surface area contributed by atoms with Gasteiger partial charge in [0.05, 0.1) is 0 Å². The van der Waals surface area contributed by atoms with Gasteiger partial charge in [-0.15, -0.1) is 0 Å². The Morgan fingerprint density at radius 3 is 2.43 bits per heavy atom. The molecule has 3 fully saturated rings. The molecule has 0 aromatic carbocycles. The van der Waals surface area contributed by atoms with Gasteiger partial charge in [-0.05, 0) is 63.2 Å². The molecule has 4 unspecified atom stereocenters. The summed E-state index contributed by atoms with van der Waals surface area (Å²) in [6, 6.07) is 1.01. The quantitative estimate of drug-likeness (QED) is 0.841. The Hall–Kier alpha value is -0.770. The number of hydrogen-bond acceptors (Lipinski definition) is 3. The summed E-state index contributed by atoms with van der Waals surface area (Å²) in [5, 5.41) is 3.90. The van der Waals surface area contributed by atoms with Crippen LogP contribution in [-0.4, -0.2) is 41.8 Å². The van der Waals surface area contributed by atoms with Gasteiger partial charge in [0.2, 0.25) is 0 Å². The van der Waals surface area contributed by atoms with Crippen molar-refractivity contribution in [2.75, 3.05) is 13.1 Å². The minimum Gasteiger partial charge on any atom is -0.444 e. The Balaban J connectivity index is 1.56. The Kier molecular flexibility index (Phi) is 3.98. The highest BCUT2D eigenvalue weighted by Crippen LogP contribution is 2.65. The zero-order valence-electron chi connectivity index (χ0n) is 15.7. The van der Waals surface area contributed by atoms with Crippen molar-refractivity contribution >= 4 is 6.09 Å². The summed E-state index contributed by atoms with van der Waals surface area (Å²) in [6.07, 6.45) is 4.89. The number of ether oxygens (including phenoxy) is 1. The number of fused-ring (bicyclic) bond motifs is 2. The maximum atomic E-state index is 12.2. The SMILES string of the molecule is CC(C)(C)OC(=O)N1CCC(NC2CC3CCC2(C)C3(C)C)C1. The van der Waals surface area contributed by atoms with Gasteiger partial charge in [-0.3, -0.25) is 0 Å². The van der Waals surface area contributed by atoms with Gasteiger partial charge in [0.25, 0.3) is 0 Å². The van der Waals surface area contributed by atoms with Crippen LogP contribution in [0.3, 0.4) is 0 Å². The molecule has 4 atom stereocenters. The van der Waals surface area contributed by atoms with E-state index in [4.69, 9.17) is 4.74 Å². The Labute approximate surface area is 141 Å². The van der Waals surface area contributed by atoms with Gasteiger partial charge in [0.15, 0.2) is 0 Å². The molecule has 132 valence electrons. The predicted molar refractivity (Wildman–Crippen MR) is 92.4 cm³/mol.